The van der Waals surface area contributed by atoms with Crippen LogP contribution in [0.3, 0.4) is 0 Å². The van der Waals surface area contributed by atoms with Crippen LogP contribution < -0.4 is 10.6 Å². The molecule has 2 nitrogen and oxygen atoms in total. The van der Waals surface area contributed by atoms with Crippen molar-refractivity contribution in [2.45, 2.75) is 12.0 Å². The molecule has 0 aliphatic carbocycles. The Hall–Kier alpha value is -0.0800. The Bertz CT molecular complexity index is 78.1. The van der Waals surface area contributed by atoms with E-state index >= 15 is 0 Å². The molecule has 7 heavy (non-hydrogen) atoms. The summed E-state index contributed by atoms with van der Waals surface area (Å²) in [5.41, 5.74) is 0.583. The van der Waals surface area contributed by atoms with Crippen molar-refractivity contribution in [2.24, 2.45) is 0 Å². The van der Waals surface area contributed by atoms with E-state index in [9.17, 15) is 0 Å². The molecule has 0 aromatic rings. The lowest BCUT2D eigenvalue weighted by atomic mass is 10.1. The summed E-state index contributed by atoms with van der Waals surface area (Å²) < 4.78 is 0. The van der Waals surface area contributed by atoms with Gasteiger partial charge in [-0.1, -0.05) is 0 Å². The van der Waals surface area contributed by atoms with Gasteiger partial charge in [0.25, 0.3) is 0 Å². The second-order valence-electron chi connectivity index (χ2n) is 2.56. The summed E-state index contributed by atoms with van der Waals surface area (Å²) in [4.78, 5) is 0. The first-order valence-corrected chi connectivity index (χ1v) is 2.87. The number of hydrogen-bond acceptors (Lipinski definition) is 2. The molecular weight excluding hydrogens is 88.1 g/mol. The molecule has 0 bridgehead atoms. The molecule has 2 aliphatic heterocycles. The molecule has 1 unspecified atom stereocenters. The Morgan fingerprint density at radius 3 is 2.43 bits per heavy atom. The van der Waals surface area contributed by atoms with Gasteiger partial charge in [0.05, 0.1) is 0 Å². The number of rotatable bonds is 0. The summed E-state index contributed by atoms with van der Waals surface area (Å²) in [5.74, 6) is 0. The maximum Gasteiger partial charge on any atom is 0.0445 e. The lowest BCUT2D eigenvalue weighted by Crippen LogP contribution is -2.18. The van der Waals surface area contributed by atoms with Gasteiger partial charge >= 0.3 is 0 Å². The van der Waals surface area contributed by atoms with Gasteiger partial charge in [-0.3, -0.25) is 0 Å². The van der Waals surface area contributed by atoms with Crippen LogP contribution in [-0.2, 0) is 0 Å². The SMILES string of the molecule is C1CC2(CN1)CN2. The van der Waals surface area contributed by atoms with E-state index in [0.717, 1.165) is 0 Å². The van der Waals surface area contributed by atoms with Crippen LogP contribution in [0.15, 0.2) is 0 Å². The van der Waals surface area contributed by atoms with Crippen LogP contribution in [0.4, 0.5) is 0 Å². The zero-order chi connectivity index (χ0) is 4.74. The predicted molar refractivity (Wildman–Crippen MR) is 28.2 cm³/mol. The largest absolute Gasteiger partial charge is 0.315 e. The van der Waals surface area contributed by atoms with Gasteiger partial charge in [0.15, 0.2) is 0 Å². The summed E-state index contributed by atoms with van der Waals surface area (Å²) >= 11 is 0. The molecule has 0 radical (unpaired) electrons. The van der Waals surface area contributed by atoms with Crippen LogP contribution in [0.25, 0.3) is 0 Å². The van der Waals surface area contributed by atoms with E-state index in [2.05, 4.69) is 10.6 Å². The molecule has 2 N–H and O–H groups in total. The van der Waals surface area contributed by atoms with Crippen LogP contribution in [0, 0.1) is 0 Å². The predicted octanol–water partition coefficient (Wildman–Crippen LogP) is -0.678. The van der Waals surface area contributed by atoms with Crippen molar-refractivity contribution in [2.75, 3.05) is 19.6 Å². The molecule has 2 rings (SSSR count). The summed E-state index contributed by atoms with van der Waals surface area (Å²) in [6.45, 7) is 3.67. The third-order valence-corrected chi connectivity index (χ3v) is 1.92. The molecule has 1 atom stereocenters. The fourth-order valence-corrected chi connectivity index (χ4v) is 1.17. The second-order valence-corrected chi connectivity index (χ2v) is 2.56. The fraction of sp³-hybridized carbons (Fsp3) is 1.00. The summed E-state index contributed by atoms with van der Waals surface area (Å²) in [5, 5.41) is 6.66. The van der Waals surface area contributed by atoms with E-state index in [-0.39, 0.29) is 0 Å². The Morgan fingerprint density at radius 2 is 2.14 bits per heavy atom. The third kappa shape index (κ3) is 0.469. The zero-order valence-corrected chi connectivity index (χ0v) is 4.33. The lowest BCUT2D eigenvalue weighted by molar-refractivity contribution is 0.695. The van der Waals surface area contributed by atoms with Crippen molar-refractivity contribution in [3.63, 3.8) is 0 Å². The molecule has 2 heteroatoms. The molecule has 2 saturated heterocycles. The van der Waals surface area contributed by atoms with E-state index in [1.165, 1.54) is 26.1 Å². The molecule has 0 aromatic carbocycles. The standard InChI is InChI=1S/C5H10N2/c1-2-6-3-5(1)4-7-5/h6-7H,1-4H2. The normalized spacial score (nSPS) is 48.0. The van der Waals surface area contributed by atoms with Gasteiger partial charge in [0.1, 0.15) is 0 Å². The average Bonchev–Trinajstić information content (AvgIpc) is 2.15. The first-order chi connectivity index (χ1) is 3.41. The molecule has 2 aliphatic rings. The first-order valence-electron chi connectivity index (χ1n) is 2.87. The van der Waals surface area contributed by atoms with Crippen molar-refractivity contribution in [1.82, 2.24) is 10.6 Å². The maximum atomic E-state index is 3.35. The number of nitrogens with one attached hydrogen (secondary N) is 2. The van der Waals surface area contributed by atoms with Gasteiger partial charge in [0, 0.05) is 18.6 Å². The Kier molecular flexibility index (Phi) is 0.557. The fourth-order valence-electron chi connectivity index (χ4n) is 1.17. The van der Waals surface area contributed by atoms with Crippen molar-refractivity contribution in [3.8, 4) is 0 Å². The van der Waals surface area contributed by atoms with Crippen molar-refractivity contribution >= 4 is 0 Å². The van der Waals surface area contributed by atoms with Gasteiger partial charge in [-0.15, -0.1) is 0 Å². The molecule has 40 valence electrons. The van der Waals surface area contributed by atoms with E-state index < -0.39 is 0 Å². The molecule has 0 aromatic heterocycles. The van der Waals surface area contributed by atoms with Crippen LogP contribution in [0.1, 0.15) is 6.42 Å². The third-order valence-electron chi connectivity index (χ3n) is 1.92. The molecular formula is C5H10N2. The number of hydrogen-bond donors (Lipinski definition) is 2. The smallest absolute Gasteiger partial charge is 0.0445 e. The van der Waals surface area contributed by atoms with E-state index in [1.54, 1.807) is 0 Å². The summed E-state index contributed by atoms with van der Waals surface area (Å²) in [7, 11) is 0. The van der Waals surface area contributed by atoms with Crippen molar-refractivity contribution in [1.29, 1.82) is 0 Å². The topological polar surface area (TPSA) is 34.0 Å². The minimum absolute atomic E-state index is 0.583. The van der Waals surface area contributed by atoms with Crippen LogP contribution in [-0.4, -0.2) is 25.2 Å². The summed E-state index contributed by atoms with van der Waals surface area (Å²) in [6.07, 6.45) is 1.34. The lowest BCUT2D eigenvalue weighted by Gasteiger charge is -1.95. The molecule has 2 heterocycles. The maximum absolute atomic E-state index is 3.35. The van der Waals surface area contributed by atoms with Crippen LogP contribution in [0.5, 0.6) is 0 Å². The highest BCUT2D eigenvalue weighted by Gasteiger charge is 2.43. The van der Waals surface area contributed by atoms with Gasteiger partial charge in [0.2, 0.25) is 0 Å². The quantitative estimate of drug-likeness (QED) is 0.394. The van der Waals surface area contributed by atoms with Gasteiger partial charge in [-0.2, -0.15) is 0 Å². The average molecular weight is 98.1 g/mol. The van der Waals surface area contributed by atoms with E-state index in [4.69, 9.17) is 0 Å². The Balaban J connectivity index is 2.07. The van der Waals surface area contributed by atoms with Gasteiger partial charge in [-0.25, -0.2) is 0 Å². The highest BCUT2D eigenvalue weighted by Crippen LogP contribution is 2.23. The van der Waals surface area contributed by atoms with Gasteiger partial charge < -0.3 is 10.6 Å². The van der Waals surface area contributed by atoms with Crippen LogP contribution in [0.2, 0.25) is 0 Å². The second kappa shape index (κ2) is 1.01. The van der Waals surface area contributed by atoms with E-state index in [0.29, 0.717) is 5.54 Å². The van der Waals surface area contributed by atoms with Gasteiger partial charge in [-0.05, 0) is 13.0 Å². The zero-order valence-electron chi connectivity index (χ0n) is 4.33. The Labute approximate surface area is 43.3 Å². The highest BCUT2D eigenvalue weighted by molar-refractivity contribution is 5.08. The monoisotopic (exact) mass is 98.1 g/mol. The van der Waals surface area contributed by atoms with Crippen molar-refractivity contribution in [3.05, 3.63) is 0 Å². The van der Waals surface area contributed by atoms with E-state index in [1.807, 2.05) is 0 Å². The molecule has 0 saturated carbocycles. The van der Waals surface area contributed by atoms with Crippen molar-refractivity contribution < 1.29 is 0 Å². The van der Waals surface area contributed by atoms with Crippen LogP contribution >= 0.6 is 0 Å². The Morgan fingerprint density at radius 1 is 1.29 bits per heavy atom. The molecule has 1 spiro atoms. The minimum Gasteiger partial charge on any atom is -0.315 e. The molecule has 2 fully saturated rings. The molecule has 0 amide bonds. The first kappa shape index (κ1) is 3.87. The highest BCUT2D eigenvalue weighted by atomic mass is 15.2. The minimum atomic E-state index is 0.583. The summed E-state index contributed by atoms with van der Waals surface area (Å²) in [6, 6.07) is 0.